The molecule has 35 heavy (non-hydrogen) atoms. The number of nitrogens with one attached hydrogen (secondary N) is 2. The van der Waals surface area contributed by atoms with Gasteiger partial charge in [0.2, 0.25) is 0 Å². The lowest BCUT2D eigenvalue weighted by Gasteiger charge is -2.33. The van der Waals surface area contributed by atoms with E-state index in [1.807, 2.05) is 25.1 Å². The Hall–Kier alpha value is -3.46. The fourth-order valence-electron chi connectivity index (χ4n) is 4.55. The molecule has 0 bridgehead atoms. The number of hydrogen-bond acceptors (Lipinski definition) is 7. The van der Waals surface area contributed by atoms with Gasteiger partial charge in [0.05, 0.1) is 30.0 Å². The average molecular weight is 480 g/mol. The Labute approximate surface area is 205 Å². The maximum atomic E-state index is 13.6. The molecule has 1 aromatic heterocycles. The lowest BCUT2D eigenvalue weighted by Crippen LogP contribution is -2.45. The van der Waals surface area contributed by atoms with E-state index in [4.69, 9.17) is 4.74 Å². The monoisotopic (exact) mass is 479 g/mol. The molecular formula is C26H33N5O4. The topological polar surface area (TPSA) is 104 Å². The van der Waals surface area contributed by atoms with Gasteiger partial charge in [0.25, 0.3) is 11.8 Å². The maximum absolute atomic E-state index is 13.6. The van der Waals surface area contributed by atoms with Gasteiger partial charge in [0.1, 0.15) is 5.82 Å². The second kappa shape index (κ2) is 11.3. The standard InChI is InChI=1S/C26H33N5O4/c1-3-35-26(34)19-7-11-31(12-8-19)25(33)22-16-21(17-28-23(22)30-13-9-27-10-14-30)29-24(32)20-6-4-5-18(2)15-20/h4-6,15-17,19,27H,3,7-14H2,1-2H3,(H,29,32). The quantitative estimate of drug-likeness (QED) is 0.614. The van der Waals surface area contributed by atoms with Gasteiger partial charge in [-0.3, -0.25) is 14.4 Å². The molecule has 2 aromatic rings. The van der Waals surface area contributed by atoms with Crippen molar-refractivity contribution in [2.45, 2.75) is 26.7 Å². The summed E-state index contributed by atoms with van der Waals surface area (Å²) in [5.74, 6) is -0.134. The molecule has 2 saturated heterocycles. The number of likely N-dealkylation sites (tertiary alicyclic amines) is 1. The molecule has 9 nitrogen and oxygen atoms in total. The van der Waals surface area contributed by atoms with Gasteiger partial charge in [0, 0.05) is 44.8 Å². The molecule has 0 spiro atoms. The number of aryl methyl sites for hydroxylation is 1. The summed E-state index contributed by atoms with van der Waals surface area (Å²) in [6.07, 6.45) is 2.75. The molecule has 2 aliphatic heterocycles. The van der Waals surface area contributed by atoms with E-state index in [0.717, 1.165) is 31.7 Å². The summed E-state index contributed by atoms with van der Waals surface area (Å²) >= 11 is 0. The number of aromatic nitrogens is 1. The molecule has 0 saturated carbocycles. The van der Waals surface area contributed by atoms with Gasteiger partial charge in [-0.05, 0) is 44.9 Å². The van der Waals surface area contributed by atoms with Crippen molar-refractivity contribution in [1.29, 1.82) is 0 Å². The summed E-state index contributed by atoms with van der Waals surface area (Å²) in [5.41, 5.74) is 2.47. The van der Waals surface area contributed by atoms with Crippen molar-refractivity contribution in [3.8, 4) is 0 Å². The Bertz CT molecular complexity index is 1080. The zero-order valence-electron chi connectivity index (χ0n) is 20.4. The number of nitrogens with zero attached hydrogens (tertiary/aromatic N) is 3. The average Bonchev–Trinajstić information content (AvgIpc) is 2.89. The van der Waals surface area contributed by atoms with E-state index in [1.165, 1.54) is 0 Å². The molecule has 2 fully saturated rings. The minimum absolute atomic E-state index is 0.139. The molecule has 2 N–H and O–H groups in total. The van der Waals surface area contributed by atoms with Gasteiger partial charge in [-0.2, -0.15) is 0 Å². The highest BCUT2D eigenvalue weighted by Gasteiger charge is 2.31. The molecule has 4 rings (SSSR count). The number of carbonyl (C=O) groups excluding carboxylic acids is 3. The number of piperidine rings is 1. The molecule has 0 atom stereocenters. The molecule has 2 aliphatic rings. The number of benzene rings is 1. The van der Waals surface area contributed by atoms with E-state index in [9.17, 15) is 14.4 Å². The first-order valence-electron chi connectivity index (χ1n) is 12.3. The van der Waals surface area contributed by atoms with Crippen molar-refractivity contribution in [1.82, 2.24) is 15.2 Å². The third-order valence-electron chi connectivity index (χ3n) is 6.45. The van der Waals surface area contributed by atoms with Crippen molar-refractivity contribution in [3.05, 3.63) is 53.2 Å². The molecule has 2 amide bonds. The van der Waals surface area contributed by atoms with E-state index < -0.39 is 0 Å². The van der Waals surface area contributed by atoms with Gasteiger partial charge in [-0.15, -0.1) is 0 Å². The van der Waals surface area contributed by atoms with E-state index in [-0.39, 0.29) is 23.7 Å². The van der Waals surface area contributed by atoms with Gasteiger partial charge < -0.3 is 25.2 Å². The third-order valence-corrected chi connectivity index (χ3v) is 6.45. The highest BCUT2D eigenvalue weighted by Crippen LogP contribution is 2.27. The van der Waals surface area contributed by atoms with Crippen LogP contribution >= 0.6 is 0 Å². The lowest BCUT2D eigenvalue weighted by atomic mass is 9.96. The van der Waals surface area contributed by atoms with Crippen LogP contribution in [0.4, 0.5) is 11.5 Å². The summed E-state index contributed by atoms with van der Waals surface area (Å²) in [4.78, 5) is 47.0. The number of carbonyl (C=O) groups is 3. The minimum atomic E-state index is -0.251. The van der Waals surface area contributed by atoms with Crippen molar-refractivity contribution < 1.29 is 19.1 Å². The van der Waals surface area contributed by atoms with E-state index in [0.29, 0.717) is 55.2 Å². The van der Waals surface area contributed by atoms with Crippen molar-refractivity contribution in [2.75, 3.05) is 56.1 Å². The number of pyridine rings is 1. The maximum Gasteiger partial charge on any atom is 0.309 e. The van der Waals surface area contributed by atoms with Crippen LogP contribution in [0.15, 0.2) is 36.5 Å². The fourth-order valence-corrected chi connectivity index (χ4v) is 4.55. The number of rotatable bonds is 6. The Balaban J connectivity index is 1.55. The van der Waals surface area contributed by atoms with Crippen molar-refractivity contribution >= 4 is 29.3 Å². The van der Waals surface area contributed by atoms with Crippen LogP contribution in [0.2, 0.25) is 0 Å². The van der Waals surface area contributed by atoms with E-state index in [1.54, 1.807) is 30.2 Å². The lowest BCUT2D eigenvalue weighted by molar-refractivity contribution is -0.149. The number of anilines is 2. The van der Waals surface area contributed by atoms with Crippen molar-refractivity contribution in [2.24, 2.45) is 5.92 Å². The minimum Gasteiger partial charge on any atom is -0.466 e. The van der Waals surface area contributed by atoms with Crippen LogP contribution in [0.1, 0.15) is 46.0 Å². The molecule has 0 unspecified atom stereocenters. The number of ether oxygens (including phenoxy) is 1. The summed E-state index contributed by atoms with van der Waals surface area (Å²) in [5, 5.41) is 6.20. The second-order valence-electron chi connectivity index (χ2n) is 8.97. The van der Waals surface area contributed by atoms with Gasteiger partial charge in [-0.25, -0.2) is 4.98 Å². The Morgan fingerprint density at radius 2 is 1.86 bits per heavy atom. The number of piperazine rings is 1. The predicted molar refractivity (Wildman–Crippen MR) is 134 cm³/mol. The number of esters is 1. The first kappa shape index (κ1) is 24.7. The Morgan fingerprint density at radius 1 is 1.11 bits per heavy atom. The Kier molecular flexibility index (Phi) is 7.97. The van der Waals surface area contributed by atoms with Crippen LogP contribution in [0.5, 0.6) is 0 Å². The molecule has 1 aromatic carbocycles. The zero-order chi connectivity index (χ0) is 24.8. The summed E-state index contributed by atoms with van der Waals surface area (Å²) in [6, 6.07) is 9.06. The highest BCUT2D eigenvalue weighted by atomic mass is 16.5. The van der Waals surface area contributed by atoms with Gasteiger partial charge in [0.15, 0.2) is 0 Å². The third kappa shape index (κ3) is 5.97. The first-order chi connectivity index (χ1) is 17.0. The molecule has 0 radical (unpaired) electrons. The van der Waals surface area contributed by atoms with Gasteiger partial charge in [-0.1, -0.05) is 17.7 Å². The van der Waals surface area contributed by atoms with Crippen LogP contribution in [0.3, 0.4) is 0 Å². The second-order valence-corrected chi connectivity index (χ2v) is 8.97. The summed E-state index contributed by atoms with van der Waals surface area (Å²) in [7, 11) is 0. The smallest absolute Gasteiger partial charge is 0.309 e. The molecule has 186 valence electrons. The molecule has 0 aliphatic carbocycles. The van der Waals surface area contributed by atoms with Crippen LogP contribution in [0, 0.1) is 12.8 Å². The predicted octanol–water partition coefficient (Wildman–Crippen LogP) is 2.47. The van der Waals surface area contributed by atoms with Crippen LogP contribution in [0.25, 0.3) is 0 Å². The Morgan fingerprint density at radius 3 is 2.54 bits per heavy atom. The number of hydrogen-bond donors (Lipinski definition) is 2. The van der Waals surface area contributed by atoms with E-state index in [2.05, 4.69) is 20.5 Å². The normalized spacial score (nSPS) is 16.6. The fraction of sp³-hybridized carbons (Fsp3) is 0.462. The van der Waals surface area contributed by atoms with Crippen LogP contribution in [-0.2, 0) is 9.53 Å². The zero-order valence-corrected chi connectivity index (χ0v) is 20.4. The van der Waals surface area contributed by atoms with Crippen LogP contribution in [-0.4, -0.2) is 73.5 Å². The van der Waals surface area contributed by atoms with Crippen LogP contribution < -0.4 is 15.5 Å². The summed E-state index contributed by atoms with van der Waals surface area (Å²) in [6.45, 7) is 8.15. The largest absolute Gasteiger partial charge is 0.466 e. The molecule has 3 heterocycles. The summed E-state index contributed by atoms with van der Waals surface area (Å²) < 4.78 is 5.15. The first-order valence-corrected chi connectivity index (χ1v) is 12.3. The van der Waals surface area contributed by atoms with Gasteiger partial charge >= 0.3 is 5.97 Å². The molecule has 9 heteroatoms. The number of amides is 2. The highest BCUT2D eigenvalue weighted by molar-refractivity contribution is 6.06. The van der Waals surface area contributed by atoms with E-state index >= 15 is 0 Å². The molecular weight excluding hydrogens is 446 g/mol. The van der Waals surface area contributed by atoms with Crippen molar-refractivity contribution in [3.63, 3.8) is 0 Å². The SMILES string of the molecule is CCOC(=O)C1CCN(C(=O)c2cc(NC(=O)c3cccc(C)c3)cnc2N2CCNCC2)CC1.